The number of rotatable bonds is 4. The fourth-order valence-corrected chi connectivity index (χ4v) is 3.03. The molecule has 0 atom stereocenters. The van der Waals surface area contributed by atoms with Gasteiger partial charge in [-0.15, -0.1) is 0 Å². The number of hydrogen-bond donors (Lipinski definition) is 2. The normalized spacial score (nSPS) is 11.0. The van der Waals surface area contributed by atoms with Gasteiger partial charge in [0.25, 0.3) is 0 Å². The third-order valence-electron chi connectivity index (χ3n) is 4.47. The van der Waals surface area contributed by atoms with Crippen LogP contribution >= 0.6 is 0 Å². The van der Waals surface area contributed by atoms with E-state index in [1.165, 1.54) is 12.1 Å². The average molecular weight is 449 g/mol. The number of nitrogens with one attached hydrogen (secondary N) is 2. The molecule has 0 unspecified atom stereocenters. The first kappa shape index (κ1) is 21.6. The Hall–Kier alpha value is -4.65. The van der Waals surface area contributed by atoms with Gasteiger partial charge in [0.05, 0.1) is 28.2 Å². The van der Waals surface area contributed by atoms with Crippen LogP contribution in [0.25, 0.3) is 11.0 Å². The summed E-state index contributed by atoms with van der Waals surface area (Å²) in [5.74, 6) is 0.940. The number of carbonyl (C=O) groups excluding carboxylic acids is 1. The van der Waals surface area contributed by atoms with Crippen LogP contribution in [0.4, 0.5) is 29.3 Å². The molecule has 164 valence electrons. The summed E-state index contributed by atoms with van der Waals surface area (Å²) in [5.41, 5.74) is -0.0345. The number of amides is 2. The largest absolute Gasteiger partial charge is 0.457 e. The number of urea groups is 1. The van der Waals surface area contributed by atoms with E-state index >= 15 is 0 Å². The Balaban J connectivity index is 1.46. The summed E-state index contributed by atoms with van der Waals surface area (Å²) >= 11 is 0. The molecule has 0 spiro atoms. The first-order valence-electron chi connectivity index (χ1n) is 9.50. The second kappa shape index (κ2) is 8.84. The smallest absolute Gasteiger partial charge is 0.417 e. The molecule has 0 radical (unpaired) electrons. The van der Waals surface area contributed by atoms with Gasteiger partial charge in [0.1, 0.15) is 11.5 Å². The average Bonchev–Trinajstić information content (AvgIpc) is 2.78. The van der Waals surface area contributed by atoms with Crippen LogP contribution in [0.2, 0.25) is 0 Å². The van der Waals surface area contributed by atoms with Crippen molar-refractivity contribution in [1.82, 2.24) is 9.97 Å². The van der Waals surface area contributed by atoms with Crippen LogP contribution in [0, 0.1) is 11.3 Å². The van der Waals surface area contributed by atoms with Crippen LogP contribution in [0.1, 0.15) is 11.1 Å². The highest BCUT2D eigenvalue weighted by atomic mass is 19.4. The monoisotopic (exact) mass is 449 g/mol. The lowest BCUT2D eigenvalue weighted by Crippen LogP contribution is -2.20. The van der Waals surface area contributed by atoms with Gasteiger partial charge >= 0.3 is 12.2 Å². The summed E-state index contributed by atoms with van der Waals surface area (Å²) in [6.07, 6.45) is -1.56. The Bertz CT molecular complexity index is 1380. The molecule has 2 amide bonds. The molecule has 1 aromatic heterocycles. The topological polar surface area (TPSA) is 99.9 Å². The number of halogens is 3. The fourth-order valence-electron chi connectivity index (χ4n) is 3.03. The zero-order valence-corrected chi connectivity index (χ0v) is 16.7. The summed E-state index contributed by atoms with van der Waals surface area (Å²) in [6.45, 7) is 0. The quantitative estimate of drug-likeness (QED) is 0.401. The van der Waals surface area contributed by atoms with Crippen molar-refractivity contribution >= 4 is 28.4 Å². The van der Waals surface area contributed by atoms with Gasteiger partial charge < -0.3 is 15.4 Å². The van der Waals surface area contributed by atoms with Crippen molar-refractivity contribution in [1.29, 1.82) is 5.26 Å². The van der Waals surface area contributed by atoms with Crippen molar-refractivity contribution in [3.63, 3.8) is 0 Å². The van der Waals surface area contributed by atoms with Gasteiger partial charge in [0.15, 0.2) is 0 Å². The zero-order valence-electron chi connectivity index (χ0n) is 16.7. The lowest BCUT2D eigenvalue weighted by atomic mass is 10.1. The van der Waals surface area contributed by atoms with Crippen LogP contribution < -0.4 is 15.4 Å². The number of aromatic nitrogens is 2. The number of anilines is 2. The van der Waals surface area contributed by atoms with Crippen molar-refractivity contribution in [2.24, 2.45) is 0 Å². The third-order valence-corrected chi connectivity index (χ3v) is 4.47. The SMILES string of the molecule is N#Cc1ccc(NC(=O)Nc2cccc(Oc3ccc4nccnc4c3)c2)cc1C(F)(F)F. The first-order chi connectivity index (χ1) is 15.8. The molecule has 4 aromatic rings. The number of benzene rings is 3. The van der Waals surface area contributed by atoms with Gasteiger partial charge in [-0.3, -0.25) is 9.97 Å². The minimum Gasteiger partial charge on any atom is -0.457 e. The number of carbonyl (C=O) groups is 1. The lowest BCUT2D eigenvalue weighted by Gasteiger charge is -2.13. The maximum absolute atomic E-state index is 13.1. The molecular weight excluding hydrogens is 435 g/mol. The second-order valence-corrected chi connectivity index (χ2v) is 6.79. The number of nitriles is 1. The highest BCUT2D eigenvalue weighted by Crippen LogP contribution is 2.33. The van der Waals surface area contributed by atoms with Crippen LogP contribution in [-0.4, -0.2) is 16.0 Å². The Morgan fingerprint density at radius 1 is 0.879 bits per heavy atom. The van der Waals surface area contributed by atoms with Crippen molar-refractivity contribution in [3.05, 3.63) is 84.2 Å². The van der Waals surface area contributed by atoms with E-state index in [4.69, 9.17) is 10.00 Å². The molecule has 0 fully saturated rings. The number of hydrogen-bond acceptors (Lipinski definition) is 5. The maximum atomic E-state index is 13.1. The number of alkyl halides is 3. The molecule has 2 N–H and O–H groups in total. The predicted octanol–water partition coefficient (Wildman–Crippen LogP) is 5.96. The van der Waals surface area contributed by atoms with Crippen LogP contribution in [0.5, 0.6) is 11.5 Å². The Morgan fingerprint density at radius 3 is 2.30 bits per heavy atom. The Kier molecular flexibility index (Phi) is 5.78. The molecule has 7 nitrogen and oxygen atoms in total. The van der Waals surface area contributed by atoms with E-state index in [0.29, 0.717) is 34.3 Å². The van der Waals surface area contributed by atoms with E-state index in [9.17, 15) is 18.0 Å². The van der Waals surface area contributed by atoms with E-state index in [1.54, 1.807) is 54.9 Å². The minimum atomic E-state index is -4.72. The van der Waals surface area contributed by atoms with Crippen LogP contribution in [0.3, 0.4) is 0 Å². The number of fused-ring (bicyclic) bond motifs is 1. The van der Waals surface area contributed by atoms with E-state index in [-0.39, 0.29) is 5.69 Å². The van der Waals surface area contributed by atoms with Crippen LogP contribution in [-0.2, 0) is 6.18 Å². The number of ether oxygens (including phenoxy) is 1. The van der Waals surface area contributed by atoms with Gasteiger partial charge in [0.2, 0.25) is 0 Å². The highest BCUT2D eigenvalue weighted by Gasteiger charge is 2.34. The Morgan fingerprint density at radius 2 is 1.58 bits per heavy atom. The van der Waals surface area contributed by atoms with E-state index in [1.807, 2.05) is 0 Å². The summed E-state index contributed by atoms with van der Waals surface area (Å²) in [7, 11) is 0. The number of nitrogens with zero attached hydrogens (tertiary/aromatic N) is 3. The standard InChI is InChI=1S/C23H14F3N5O2/c24-23(25,26)19-11-16(5-4-14(19)13-27)31-22(32)30-15-2-1-3-17(10-15)33-18-6-7-20-21(12-18)29-9-8-28-20/h1-12H,(H2,30,31,32). The molecule has 0 saturated carbocycles. The van der Waals surface area contributed by atoms with Crippen molar-refractivity contribution in [3.8, 4) is 17.6 Å². The van der Waals surface area contributed by atoms with Crippen molar-refractivity contribution in [2.45, 2.75) is 6.18 Å². The summed E-state index contributed by atoms with van der Waals surface area (Å²) in [4.78, 5) is 20.7. The molecule has 0 saturated heterocycles. The molecule has 0 bridgehead atoms. The third kappa shape index (κ3) is 5.16. The fraction of sp³-hybridized carbons (Fsp3) is 0.0435. The van der Waals surface area contributed by atoms with Crippen LogP contribution in [0.15, 0.2) is 73.1 Å². The van der Waals surface area contributed by atoms with Gasteiger partial charge in [-0.25, -0.2) is 4.79 Å². The lowest BCUT2D eigenvalue weighted by molar-refractivity contribution is -0.137. The molecule has 1 heterocycles. The second-order valence-electron chi connectivity index (χ2n) is 6.79. The van der Waals surface area contributed by atoms with E-state index in [0.717, 1.165) is 6.07 Å². The van der Waals surface area contributed by atoms with Crippen molar-refractivity contribution < 1.29 is 22.7 Å². The van der Waals surface area contributed by atoms with Gasteiger partial charge in [-0.1, -0.05) is 6.07 Å². The zero-order chi connectivity index (χ0) is 23.4. The maximum Gasteiger partial charge on any atom is 0.417 e. The first-order valence-corrected chi connectivity index (χ1v) is 9.50. The van der Waals surface area contributed by atoms with E-state index in [2.05, 4.69) is 20.6 Å². The molecule has 10 heteroatoms. The molecule has 0 aliphatic rings. The van der Waals surface area contributed by atoms with Gasteiger partial charge in [-0.2, -0.15) is 18.4 Å². The van der Waals surface area contributed by atoms with E-state index < -0.39 is 23.3 Å². The molecule has 0 aliphatic heterocycles. The summed E-state index contributed by atoms with van der Waals surface area (Å²) < 4.78 is 45.1. The van der Waals surface area contributed by atoms with Gasteiger partial charge in [-0.05, 0) is 42.5 Å². The molecule has 0 aliphatic carbocycles. The summed E-state index contributed by atoms with van der Waals surface area (Å²) in [5, 5.41) is 13.7. The molecular formula is C23H14F3N5O2. The minimum absolute atomic E-state index is 0.108. The van der Waals surface area contributed by atoms with Gasteiger partial charge in [0, 0.05) is 35.9 Å². The molecule has 33 heavy (non-hydrogen) atoms. The highest BCUT2D eigenvalue weighted by molar-refractivity contribution is 6.00. The molecule has 3 aromatic carbocycles. The molecule has 4 rings (SSSR count). The predicted molar refractivity (Wildman–Crippen MR) is 115 cm³/mol. The Labute approximate surface area is 185 Å². The van der Waals surface area contributed by atoms with Crippen molar-refractivity contribution in [2.75, 3.05) is 10.6 Å². The summed E-state index contributed by atoms with van der Waals surface area (Å²) in [6, 6.07) is 15.4.